The third kappa shape index (κ3) is 4.35. The van der Waals surface area contributed by atoms with Crippen LogP contribution in [0.15, 0.2) is 45.8 Å². The minimum Gasteiger partial charge on any atom is -0.568 e. The molecule has 4 nitrogen and oxygen atoms in total. The molecule has 0 saturated heterocycles. The van der Waals surface area contributed by atoms with E-state index in [0.717, 1.165) is 5.56 Å². The Bertz CT molecular complexity index is 536. The number of aliphatic hydroxyl groups excluding tert-OH is 1. The molecule has 88 valence electrons. The van der Waals surface area contributed by atoms with Crippen LogP contribution in [-0.4, -0.2) is 5.11 Å². The normalized spacial score (nSPS) is 9.61. The zero-order chi connectivity index (χ0) is 12.1. The molecule has 0 unspecified atom stereocenters. The van der Waals surface area contributed by atoms with Gasteiger partial charge in [0.2, 0.25) is 0 Å². The van der Waals surface area contributed by atoms with Crippen molar-refractivity contribution in [2.75, 3.05) is 0 Å². The van der Waals surface area contributed by atoms with Crippen molar-refractivity contribution in [2.24, 2.45) is 0 Å². The fourth-order valence-electron chi connectivity index (χ4n) is 1.31. The molecular weight excluding hydrogens is 259 g/mol. The Labute approximate surface area is 147 Å². The predicted octanol–water partition coefficient (Wildman–Crippen LogP) is -1.48. The van der Waals surface area contributed by atoms with E-state index in [1.807, 2.05) is 30.3 Å². The standard InChI is InChI=1S/C13H11O4.K/c14-7-11-6-12(15)13(9-16-11)17-8-10-4-2-1-3-5-10;/h1-5,9,14H,7-8H2;/q-1;+1. The molecule has 2 rings (SSSR count). The van der Waals surface area contributed by atoms with Crippen LogP contribution in [0.3, 0.4) is 0 Å². The summed E-state index contributed by atoms with van der Waals surface area (Å²) in [6, 6.07) is 11.8. The van der Waals surface area contributed by atoms with Crippen molar-refractivity contribution < 1.29 is 65.6 Å². The summed E-state index contributed by atoms with van der Waals surface area (Å²) in [5, 5.41) is 8.76. The molecule has 2 aromatic rings. The van der Waals surface area contributed by atoms with Crippen molar-refractivity contribution in [1.29, 1.82) is 0 Å². The smallest absolute Gasteiger partial charge is 0.568 e. The molecular formula is C13H11KO4. The molecule has 1 aromatic heterocycles. The zero-order valence-corrected chi connectivity index (χ0v) is 13.2. The van der Waals surface area contributed by atoms with Crippen LogP contribution in [0.1, 0.15) is 11.3 Å². The molecule has 0 atom stereocenters. The number of benzene rings is 1. The van der Waals surface area contributed by atoms with Gasteiger partial charge < -0.3 is 19.1 Å². The maximum absolute atomic E-state index is 11.5. The van der Waals surface area contributed by atoms with Gasteiger partial charge in [0.25, 0.3) is 0 Å². The largest absolute Gasteiger partial charge is 1.00 e. The number of hydrogen-bond acceptors (Lipinski definition) is 4. The first-order valence-corrected chi connectivity index (χ1v) is 5.11. The molecule has 0 saturated carbocycles. The maximum Gasteiger partial charge on any atom is 1.00 e. The Morgan fingerprint density at radius 3 is 2.61 bits per heavy atom. The minimum absolute atomic E-state index is 0. The van der Waals surface area contributed by atoms with Crippen LogP contribution in [0.25, 0.3) is 0 Å². The van der Waals surface area contributed by atoms with E-state index < -0.39 is 5.43 Å². The number of ether oxygens (including phenoxy) is 1. The van der Waals surface area contributed by atoms with Gasteiger partial charge in [-0.15, -0.1) is 0 Å². The van der Waals surface area contributed by atoms with Crippen LogP contribution in [0.2, 0.25) is 0 Å². The van der Waals surface area contributed by atoms with Crippen LogP contribution >= 0.6 is 0 Å². The van der Waals surface area contributed by atoms with Crippen molar-refractivity contribution in [1.82, 2.24) is 0 Å². The third-order valence-electron chi connectivity index (χ3n) is 2.17. The summed E-state index contributed by atoms with van der Waals surface area (Å²) in [6.07, 6.45) is 1.19. The van der Waals surface area contributed by atoms with E-state index in [0.29, 0.717) is 0 Å². The van der Waals surface area contributed by atoms with Gasteiger partial charge in [-0.2, -0.15) is 6.07 Å². The molecule has 0 fully saturated rings. The van der Waals surface area contributed by atoms with Crippen molar-refractivity contribution in [3.8, 4) is 5.75 Å². The molecule has 0 radical (unpaired) electrons. The fraction of sp³-hybridized carbons (Fsp3) is 0.154. The molecule has 0 aliphatic carbocycles. The van der Waals surface area contributed by atoms with E-state index in [-0.39, 0.29) is 76.1 Å². The van der Waals surface area contributed by atoms with Crippen LogP contribution in [-0.2, 0) is 13.2 Å². The summed E-state index contributed by atoms with van der Waals surface area (Å²) in [7, 11) is 0. The van der Waals surface area contributed by atoms with Crippen molar-refractivity contribution >= 4 is 0 Å². The van der Waals surface area contributed by atoms with E-state index >= 15 is 0 Å². The quantitative estimate of drug-likeness (QED) is 0.543. The molecule has 0 spiro atoms. The first-order valence-electron chi connectivity index (χ1n) is 5.11. The summed E-state index contributed by atoms with van der Waals surface area (Å²) in [6.45, 7) is -0.0634. The van der Waals surface area contributed by atoms with Gasteiger partial charge in [0.1, 0.15) is 0 Å². The zero-order valence-electron chi connectivity index (χ0n) is 10.1. The summed E-state index contributed by atoms with van der Waals surface area (Å²) < 4.78 is 10.2. The predicted molar refractivity (Wildman–Crippen MR) is 60.5 cm³/mol. The van der Waals surface area contributed by atoms with E-state index in [4.69, 9.17) is 14.3 Å². The molecule has 0 amide bonds. The second-order valence-corrected chi connectivity index (χ2v) is 3.41. The maximum atomic E-state index is 11.5. The summed E-state index contributed by atoms with van der Waals surface area (Å²) in [5.41, 5.74) is 0.536. The van der Waals surface area contributed by atoms with Gasteiger partial charge in [0.05, 0.1) is 24.9 Å². The third-order valence-corrected chi connectivity index (χ3v) is 2.17. The Morgan fingerprint density at radius 1 is 1.28 bits per heavy atom. The average Bonchev–Trinajstić information content (AvgIpc) is 2.38. The second-order valence-electron chi connectivity index (χ2n) is 3.41. The van der Waals surface area contributed by atoms with E-state index in [9.17, 15) is 4.79 Å². The topological polar surface area (TPSA) is 59.7 Å². The van der Waals surface area contributed by atoms with E-state index in [1.54, 1.807) is 0 Å². The van der Waals surface area contributed by atoms with Crippen molar-refractivity contribution in [3.05, 3.63) is 64.2 Å². The number of aliphatic hydroxyl groups is 1. The van der Waals surface area contributed by atoms with Crippen LogP contribution in [0, 0.1) is 6.07 Å². The molecule has 0 bridgehead atoms. The number of hydrogen-bond donors (Lipinski definition) is 1. The number of rotatable bonds is 4. The Balaban J connectivity index is 0.00000162. The SMILES string of the molecule is O=c1[c-]c(CO)occ1OCc1ccccc1.[K+]. The molecule has 1 aromatic carbocycles. The molecule has 1 heterocycles. The van der Waals surface area contributed by atoms with E-state index in [2.05, 4.69) is 6.07 Å². The monoisotopic (exact) mass is 270 g/mol. The molecule has 5 heteroatoms. The van der Waals surface area contributed by atoms with Crippen molar-refractivity contribution in [3.63, 3.8) is 0 Å². The van der Waals surface area contributed by atoms with Crippen LogP contribution in [0.4, 0.5) is 0 Å². The molecule has 18 heavy (non-hydrogen) atoms. The molecule has 1 N–H and O–H groups in total. The summed E-state index contributed by atoms with van der Waals surface area (Å²) >= 11 is 0. The van der Waals surface area contributed by atoms with Gasteiger partial charge in [0.15, 0.2) is 0 Å². The summed E-state index contributed by atoms with van der Waals surface area (Å²) in [4.78, 5) is 11.5. The molecule has 0 aliphatic heterocycles. The average molecular weight is 270 g/mol. The van der Waals surface area contributed by atoms with E-state index in [1.165, 1.54) is 6.26 Å². The molecule has 0 aliphatic rings. The van der Waals surface area contributed by atoms with Gasteiger partial charge in [-0.25, -0.2) is 0 Å². The first-order chi connectivity index (χ1) is 8.29. The summed E-state index contributed by atoms with van der Waals surface area (Å²) in [5.74, 6) is 0.188. The van der Waals surface area contributed by atoms with Crippen LogP contribution < -0.4 is 61.6 Å². The Hall–Kier alpha value is -0.434. The fourth-order valence-corrected chi connectivity index (χ4v) is 1.31. The Kier molecular flexibility index (Phi) is 6.84. The van der Waals surface area contributed by atoms with Crippen LogP contribution in [0.5, 0.6) is 5.75 Å². The second kappa shape index (κ2) is 7.88. The van der Waals surface area contributed by atoms with Gasteiger partial charge in [-0.3, -0.25) is 0 Å². The first kappa shape index (κ1) is 15.6. The van der Waals surface area contributed by atoms with Gasteiger partial charge >= 0.3 is 51.4 Å². The minimum atomic E-state index is -0.420. The van der Waals surface area contributed by atoms with Gasteiger partial charge in [0, 0.05) is 11.5 Å². The van der Waals surface area contributed by atoms with Crippen molar-refractivity contribution in [2.45, 2.75) is 13.2 Å². The Morgan fingerprint density at radius 2 is 2.00 bits per heavy atom. The van der Waals surface area contributed by atoms with Gasteiger partial charge in [-0.1, -0.05) is 30.3 Å². The van der Waals surface area contributed by atoms with Gasteiger partial charge in [-0.05, 0) is 5.56 Å².